The molecule has 1 N–H and O–H groups in total. The number of anilines is 1. The summed E-state index contributed by atoms with van der Waals surface area (Å²) in [5.41, 5.74) is 5.54. The van der Waals surface area contributed by atoms with E-state index < -0.39 is 0 Å². The van der Waals surface area contributed by atoms with Gasteiger partial charge in [-0.2, -0.15) is 5.10 Å². The zero-order chi connectivity index (χ0) is 28.3. The van der Waals surface area contributed by atoms with E-state index in [0.29, 0.717) is 18.8 Å². The Morgan fingerprint density at radius 3 is 2.49 bits per heavy atom. The maximum absolute atomic E-state index is 14.2. The quantitative estimate of drug-likeness (QED) is 0.244. The van der Waals surface area contributed by atoms with Gasteiger partial charge in [-0.25, -0.2) is 9.48 Å². The predicted octanol–water partition coefficient (Wildman–Crippen LogP) is 6.77. The molecule has 0 aliphatic carbocycles. The van der Waals surface area contributed by atoms with Crippen LogP contribution in [0.4, 0.5) is 10.5 Å². The summed E-state index contributed by atoms with van der Waals surface area (Å²) in [5, 5.41) is 8.16. The molecule has 0 bridgehead atoms. The zero-order valence-electron chi connectivity index (χ0n) is 23.4. The number of ether oxygens (including phenoxy) is 2. The Bertz CT molecular complexity index is 1660. The topological polar surface area (TPSA) is 73.5 Å². The van der Waals surface area contributed by atoms with Gasteiger partial charge in [-0.05, 0) is 79.6 Å². The number of methoxy groups -OCH3 is 1. The molecular formula is C33H33N5O3. The largest absolute Gasteiger partial charge is 0.497 e. The Balaban J connectivity index is 1.50. The number of nitrogens with one attached hydrogen (secondary N) is 1. The molecule has 0 fully saturated rings. The van der Waals surface area contributed by atoms with Gasteiger partial charge in [0.15, 0.2) is 0 Å². The van der Waals surface area contributed by atoms with E-state index >= 15 is 0 Å². The molecule has 0 saturated carbocycles. The van der Waals surface area contributed by atoms with Gasteiger partial charge in [-0.1, -0.05) is 37.3 Å². The summed E-state index contributed by atoms with van der Waals surface area (Å²) < 4.78 is 15.3. The van der Waals surface area contributed by atoms with Crippen molar-refractivity contribution >= 4 is 11.7 Å². The van der Waals surface area contributed by atoms with Crippen molar-refractivity contribution in [3.05, 3.63) is 120 Å². The number of hydrogen-bond donors (Lipinski definition) is 1. The summed E-state index contributed by atoms with van der Waals surface area (Å²) in [7, 11) is 1.66. The van der Waals surface area contributed by atoms with Gasteiger partial charge in [-0.3, -0.25) is 0 Å². The molecule has 208 valence electrons. The number of carbonyl (C=O) groups is 1. The molecule has 5 aromatic rings. The maximum Gasteiger partial charge on any atom is 0.322 e. The predicted molar refractivity (Wildman–Crippen MR) is 159 cm³/mol. The number of fused-ring (bicyclic) bond motifs is 3. The molecule has 2 aromatic heterocycles. The Kier molecular flexibility index (Phi) is 7.20. The summed E-state index contributed by atoms with van der Waals surface area (Å²) >= 11 is 0. The number of amides is 2. The lowest BCUT2D eigenvalue weighted by atomic mass is 10.0. The normalized spacial score (nSPS) is 14.1. The van der Waals surface area contributed by atoms with Crippen LogP contribution in [0, 0.1) is 0 Å². The van der Waals surface area contributed by atoms with Gasteiger partial charge < -0.3 is 24.3 Å². The van der Waals surface area contributed by atoms with Gasteiger partial charge in [0.2, 0.25) is 0 Å². The molecule has 8 heteroatoms. The highest BCUT2D eigenvalue weighted by Crippen LogP contribution is 2.39. The number of urea groups is 1. The first-order chi connectivity index (χ1) is 20.1. The number of hydrogen-bond acceptors (Lipinski definition) is 4. The van der Waals surface area contributed by atoms with Crippen LogP contribution in [0.15, 0.2) is 97.2 Å². The first-order valence-corrected chi connectivity index (χ1v) is 13.9. The Morgan fingerprint density at radius 1 is 0.951 bits per heavy atom. The lowest BCUT2D eigenvalue weighted by Gasteiger charge is -2.31. The summed E-state index contributed by atoms with van der Waals surface area (Å²) in [4.78, 5) is 16.1. The molecule has 8 nitrogen and oxygen atoms in total. The monoisotopic (exact) mass is 547 g/mol. The molecule has 1 aliphatic heterocycles. The molecule has 1 atom stereocenters. The van der Waals surface area contributed by atoms with E-state index in [1.165, 1.54) is 0 Å². The molecule has 0 radical (unpaired) electrons. The fourth-order valence-corrected chi connectivity index (χ4v) is 5.51. The highest BCUT2D eigenvalue weighted by atomic mass is 16.5. The smallest absolute Gasteiger partial charge is 0.322 e. The minimum atomic E-state index is -0.385. The fraction of sp³-hybridized carbons (Fsp3) is 0.212. The van der Waals surface area contributed by atoms with Gasteiger partial charge in [-0.15, -0.1) is 0 Å². The summed E-state index contributed by atoms with van der Waals surface area (Å²) in [6.07, 6.45) is 2.78. The minimum absolute atomic E-state index is 0.211. The Hall–Kier alpha value is -4.98. The van der Waals surface area contributed by atoms with Crippen molar-refractivity contribution < 1.29 is 14.3 Å². The van der Waals surface area contributed by atoms with Crippen LogP contribution in [-0.2, 0) is 13.0 Å². The van der Waals surface area contributed by atoms with E-state index in [4.69, 9.17) is 14.6 Å². The van der Waals surface area contributed by atoms with Crippen LogP contribution in [-0.4, -0.2) is 39.0 Å². The fourth-order valence-electron chi connectivity index (χ4n) is 5.51. The molecule has 6 rings (SSSR count). The van der Waals surface area contributed by atoms with Crippen LogP contribution >= 0.6 is 0 Å². The van der Waals surface area contributed by atoms with E-state index in [2.05, 4.69) is 41.2 Å². The third-order valence-electron chi connectivity index (χ3n) is 7.39. The van der Waals surface area contributed by atoms with E-state index in [1.807, 2.05) is 89.3 Å². The van der Waals surface area contributed by atoms with E-state index in [-0.39, 0.29) is 12.1 Å². The summed E-state index contributed by atoms with van der Waals surface area (Å²) in [6, 6.07) is 29.0. The van der Waals surface area contributed by atoms with Crippen molar-refractivity contribution in [2.45, 2.75) is 32.9 Å². The van der Waals surface area contributed by atoms with Crippen molar-refractivity contribution in [3.8, 4) is 23.0 Å². The van der Waals surface area contributed by atoms with E-state index in [0.717, 1.165) is 51.9 Å². The number of para-hydroxylation sites is 1. The lowest BCUT2D eigenvalue weighted by molar-refractivity contribution is 0.194. The van der Waals surface area contributed by atoms with Crippen molar-refractivity contribution in [3.63, 3.8) is 0 Å². The van der Waals surface area contributed by atoms with E-state index in [9.17, 15) is 4.79 Å². The van der Waals surface area contributed by atoms with Crippen LogP contribution in [0.5, 0.6) is 11.5 Å². The number of aromatic nitrogens is 3. The molecule has 3 aromatic carbocycles. The Labute approximate surface area is 239 Å². The molecule has 2 amide bonds. The van der Waals surface area contributed by atoms with E-state index in [1.54, 1.807) is 7.11 Å². The number of carbonyl (C=O) groups excluding carboxylic acids is 1. The number of benzene rings is 3. The third-order valence-corrected chi connectivity index (χ3v) is 7.39. The van der Waals surface area contributed by atoms with Crippen molar-refractivity contribution in [2.24, 2.45) is 0 Å². The Morgan fingerprint density at radius 2 is 1.76 bits per heavy atom. The van der Waals surface area contributed by atoms with Crippen LogP contribution in [0.25, 0.3) is 11.5 Å². The highest BCUT2D eigenvalue weighted by Gasteiger charge is 2.36. The number of rotatable bonds is 7. The number of nitrogens with zero attached hydrogens (tertiary/aromatic N) is 4. The van der Waals surface area contributed by atoms with Gasteiger partial charge >= 0.3 is 6.03 Å². The SMILES string of the molecule is CCOc1ccc(NC(=O)N2Cc3c(CC)nn(-c4ccccc4)c3-n3cccc3[C@H]2c2cccc(OC)c2)cc1. The first kappa shape index (κ1) is 26.3. The molecule has 41 heavy (non-hydrogen) atoms. The van der Waals surface area contributed by atoms with Gasteiger partial charge in [0, 0.05) is 17.4 Å². The summed E-state index contributed by atoms with van der Waals surface area (Å²) in [6.45, 7) is 5.00. The second kappa shape index (κ2) is 11.3. The van der Waals surface area contributed by atoms with Crippen LogP contribution in [0.1, 0.15) is 42.4 Å². The molecule has 0 spiro atoms. The van der Waals surface area contributed by atoms with Crippen LogP contribution < -0.4 is 14.8 Å². The second-order valence-electron chi connectivity index (χ2n) is 9.85. The zero-order valence-corrected chi connectivity index (χ0v) is 23.4. The van der Waals surface area contributed by atoms with Crippen LogP contribution in [0.3, 0.4) is 0 Å². The van der Waals surface area contributed by atoms with Gasteiger partial charge in [0.1, 0.15) is 17.3 Å². The highest BCUT2D eigenvalue weighted by molar-refractivity contribution is 5.90. The average molecular weight is 548 g/mol. The molecule has 1 aliphatic rings. The van der Waals surface area contributed by atoms with Crippen molar-refractivity contribution in [1.82, 2.24) is 19.2 Å². The molecule has 0 saturated heterocycles. The second-order valence-corrected chi connectivity index (χ2v) is 9.85. The third kappa shape index (κ3) is 4.93. The average Bonchev–Trinajstić information content (AvgIpc) is 3.59. The van der Waals surface area contributed by atoms with Crippen molar-refractivity contribution in [1.29, 1.82) is 0 Å². The molecule has 0 unspecified atom stereocenters. The molecule has 3 heterocycles. The maximum atomic E-state index is 14.2. The van der Waals surface area contributed by atoms with Crippen LogP contribution in [0.2, 0.25) is 0 Å². The van der Waals surface area contributed by atoms with Gasteiger partial charge in [0.05, 0.1) is 43.4 Å². The standard InChI is InChI=1S/C33H33N5O3/c1-4-29-28-22-37(33(39)34-24-16-18-26(19-17-24)41-5-2)31(23-11-9-14-27(21-23)40-3)30-15-10-20-36(30)32(28)38(35-29)25-12-7-6-8-13-25/h6-21,31H,4-5,22H2,1-3H3,(H,34,39)/t31-/m1/s1. The first-order valence-electron chi connectivity index (χ1n) is 13.9. The summed E-state index contributed by atoms with van der Waals surface area (Å²) in [5.74, 6) is 2.44. The molecular weight excluding hydrogens is 514 g/mol. The number of aryl methyl sites for hydroxylation is 1. The van der Waals surface area contributed by atoms with Gasteiger partial charge in [0.25, 0.3) is 0 Å². The lowest BCUT2D eigenvalue weighted by Crippen LogP contribution is -2.38. The minimum Gasteiger partial charge on any atom is -0.497 e. The van der Waals surface area contributed by atoms with Crippen molar-refractivity contribution in [2.75, 3.05) is 19.0 Å².